The van der Waals surface area contributed by atoms with Crippen LogP contribution < -0.4 is 0 Å². The summed E-state index contributed by atoms with van der Waals surface area (Å²) in [5.74, 6) is 3.71. The van der Waals surface area contributed by atoms with E-state index in [-0.39, 0.29) is 0 Å². The van der Waals surface area contributed by atoms with Crippen molar-refractivity contribution in [2.75, 3.05) is 0 Å². The summed E-state index contributed by atoms with van der Waals surface area (Å²) in [6, 6.07) is 0. The molecule has 0 N–H and O–H groups in total. The molecule has 22 heavy (non-hydrogen) atoms. The van der Waals surface area contributed by atoms with Crippen molar-refractivity contribution in [2.45, 2.75) is 65.2 Å². The number of carbonyl (C=O) groups excluding carboxylic acids is 1. The van der Waals surface area contributed by atoms with E-state index in [1.54, 1.807) is 0 Å². The molecule has 0 bridgehead atoms. The minimum atomic E-state index is 0.324. The lowest BCUT2D eigenvalue weighted by Crippen LogP contribution is -2.50. The zero-order chi connectivity index (χ0) is 15.5. The van der Waals surface area contributed by atoms with Crippen LogP contribution in [0.5, 0.6) is 0 Å². The van der Waals surface area contributed by atoms with Crippen molar-refractivity contribution < 1.29 is 4.79 Å². The predicted octanol–water partition coefficient (Wildman–Crippen LogP) is 5.32. The summed E-state index contributed by atoms with van der Waals surface area (Å²) in [5.41, 5.74) is 2.32. The Morgan fingerprint density at radius 3 is 2.68 bits per heavy atom. The van der Waals surface area contributed by atoms with Gasteiger partial charge in [-0.2, -0.15) is 0 Å². The average Bonchev–Trinajstić information content (AvgIpc) is 2.84. The van der Waals surface area contributed by atoms with Gasteiger partial charge >= 0.3 is 0 Å². The fourth-order valence-corrected chi connectivity index (χ4v) is 6.99. The van der Waals surface area contributed by atoms with Gasteiger partial charge < -0.3 is 0 Å². The van der Waals surface area contributed by atoms with Gasteiger partial charge in [-0.05, 0) is 85.5 Å². The quantitative estimate of drug-likeness (QED) is 0.599. The van der Waals surface area contributed by atoms with E-state index >= 15 is 0 Å². The summed E-state index contributed by atoms with van der Waals surface area (Å²) in [4.78, 5) is 11.8. The number of fused-ring (bicyclic) bond motifs is 5. The second-order valence-corrected chi connectivity index (χ2v) is 8.93. The predicted molar refractivity (Wildman–Crippen MR) is 90.4 cm³/mol. The Morgan fingerprint density at radius 2 is 1.91 bits per heavy atom. The molecule has 4 aliphatic carbocycles. The Kier molecular flexibility index (Phi) is 3.23. The second-order valence-electron chi connectivity index (χ2n) is 8.93. The third-order valence-corrected chi connectivity index (χ3v) is 8.32. The highest BCUT2D eigenvalue weighted by molar-refractivity contribution is 5.91. The molecule has 1 heteroatoms. The molecule has 4 rings (SSSR count). The van der Waals surface area contributed by atoms with Crippen molar-refractivity contribution in [3.05, 3.63) is 24.3 Å². The van der Waals surface area contributed by atoms with Crippen LogP contribution in [-0.4, -0.2) is 5.78 Å². The van der Waals surface area contributed by atoms with E-state index < -0.39 is 0 Å². The van der Waals surface area contributed by atoms with Gasteiger partial charge in [0, 0.05) is 6.42 Å². The molecular weight excluding hydrogens is 268 g/mol. The normalized spacial score (nSPS) is 50.6. The molecule has 120 valence electrons. The van der Waals surface area contributed by atoms with Crippen molar-refractivity contribution in [2.24, 2.45) is 34.5 Å². The molecule has 4 aliphatic rings. The summed E-state index contributed by atoms with van der Waals surface area (Å²) < 4.78 is 0. The number of rotatable bonds is 1. The summed E-state index contributed by atoms with van der Waals surface area (Å²) in [5, 5.41) is 0. The van der Waals surface area contributed by atoms with Crippen molar-refractivity contribution in [1.82, 2.24) is 0 Å². The molecule has 0 aromatic rings. The van der Waals surface area contributed by atoms with Gasteiger partial charge in [0.1, 0.15) is 0 Å². The molecule has 0 aromatic heterocycles. The molecule has 0 amide bonds. The molecule has 0 spiro atoms. The number of hydrogen-bond donors (Lipinski definition) is 0. The first-order valence-corrected chi connectivity index (χ1v) is 9.35. The van der Waals surface area contributed by atoms with Crippen LogP contribution in [0.4, 0.5) is 0 Å². The van der Waals surface area contributed by atoms with Crippen LogP contribution in [0.2, 0.25) is 0 Å². The smallest absolute Gasteiger partial charge is 0.155 e. The second kappa shape index (κ2) is 4.82. The van der Waals surface area contributed by atoms with Gasteiger partial charge in [-0.3, -0.25) is 4.79 Å². The van der Waals surface area contributed by atoms with E-state index in [9.17, 15) is 4.79 Å². The van der Waals surface area contributed by atoms with Crippen molar-refractivity contribution in [1.29, 1.82) is 0 Å². The first-order valence-electron chi connectivity index (χ1n) is 9.35. The molecule has 1 nitrogen and oxygen atoms in total. The molecule has 0 saturated heterocycles. The molecule has 3 saturated carbocycles. The summed E-state index contributed by atoms with van der Waals surface area (Å²) in [7, 11) is 0. The van der Waals surface area contributed by atoms with Crippen LogP contribution >= 0.6 is 0 Å². The van der Waals surface area contributed by atoms with E-state index in [4.69, 9.17) is 0 Å². The van der Waals surface area contributed by atoms with Gasteiger partial charge in [0.05, 0.1) is 0 Å². The number of carbonyl (C=O) groups is 1. The maximum Gasteiger partial charge on any atom is 0.155 e. The van der Waals surface area contributed by atoms with Crippen LogP contribution in [0.1, 0.15) is 65.2 Å². The molecule has 0 radical (unpaired) electrons. The van der Waals surface area contributed by atoms with Crippen LogP contribution in [0, 0.1) is 34.5 Å². The van der Waals surface area contributed by atoms with Crippen LogP contribution in [-0.2, 0) is 4.79 Å². The highest BCUT2D eigenvalue weighted by atomic mass is 16.1. The van der Waals surface area contributed by atoms with E-state index in [0.29, 0.717) is 16.6 Å². The van der Waals surface area contributed by atoms with Crippen LogP contribution in [0.3, 0.4) is 0 Å². The average molecular weight is 298 g/mol. The largest absolute Gasteiger partial charge is 0.295 e. The Balaban J connectivity index is 1.68. The lowest BCUT2D eigenvalue weighted by Gasteiger charge is -2.58. The van der Waals surface area contributed by atoms with E-state index in [2.05, 4.69) is 26.5 Å². The third kappa shape index (κ3) is 1.80. The minimum Gasteiger partial charge on any atom is -0.295 e. The SMILES string of the molecule is C=CC1CCC2C3CCC4=CC(=O)CC[C@]4(C)C3CC[C@]12C. The monoisotopic (exact) mass is 298 g/mol. The Bertz CT molecular complexity index is 544. The number of allylic oxidation sites excluding steroid dienone is 2. The highest BCUT2D eigenvalue weighted by Gasteiger charge is 2.58. The zero-order valence-corrected chi connectivity index (χ0v) is 14.2. The van der Waals surface area contributed by atoms with Gasteiger partial charge in [0.2, 0.25) is 0 Å². The molecule has 0 heterocycles. The first-order chi connectivity index (χ1) is 10.5. The highest BCUT2D eigenvalue weighted by Crippen LogP contribution is 2.66. The Hall–Kier alpha value is -0.850. The van der Waals surface area contributed by atoms with Crippen molar-refractivity contribution in [3.63, 3.8) is 0 Å². The van der Waals surface area contributed by atoms with Gasteiger partial charge in [-0.25, -0.2) is 0 Å². The van der Waals surface area contributed by atoms with Crippen LogP contribution in [0.25, 0.3) is 0 Å². The van der Waals surface area contributed by atoms with E-state index in [1.165, 1.54) is 44.1 Å². The fraction of sp³-hybridized carbons (Fsp3) is 0.762. The van der Waals surface area contributed by atoms with E-state index in [0.717, 1.165) is 36.5 Å². The molecule has 0 aliphatic heterocycles. The lowest BCUT2D eigenvalue weighted by molar-refractivity contribution is -0.117. The minimum absolute atomic E-state index is 0.324. The third-order valence-electron chi connectivity index (χ3n) is 8.32. The van der Waals surface area contributed by atoms with Crippen molar-refractivity contribution in [3.8, 4) is 0 Å². The van der Waals surface area contributed by atoms with Crippen LogP contribution in [0.15, 0.2) is 24.3 Å². The van der Waals surface area contributed by atoms with Gasteiger partial charge in [0.25, 0.3) is 0 Å². The number of ketones is 1. The molecule has 6 atom stereocenters. The van der Waals surface area contributed by atoms with Gasteiger partial charge in [-0.1, -0.05) is 25.5 Å². The maximum absolute atomic E-state index is 11.8. The van der Waals surface area contributed by atoms with Gasteiger partial charge in [-0.15, -0.1) is 6.58 Å². The standard InChI is InChI=1S/C21H30O/c1-4-14-6-8-18-17-7-5-15-13-16(22)9-11-21(15,3)19(17)10-12-20(14,18)2/h4,13-14,17-19H,1,5-12H2,2-3H3/t14?,17?,18?,19?,20-,21+/m1/s1. The summed E-state index contributed by atoms with van der Waals surface area (Å²) in [6.07, 6.45) is 14.1. The zero-order valence-electron chi connectivity index (χ0n) is 14.2. The Labute approximate surface area is 135 Å². The molecule has 3 fully saturated rings. The molecule has 4 unspecified atom stereocenters. The first kappa shape index (κ1) is 14.7. The summed E-state index contributed by atoms with van der Waals surface area (Å²) >= 11 is 0. The lowest BCUT2D eigenvalue weighted by atomic mass is 9.47. The summed E-state index contributed by atoms with van der Waals surface area (Å²) in [6.45, 7) is 9.15. The van der Waals surface area contributed by atoms with E-state index in [1.807, 2.05) is 6.08 Å². The maximum atomic E-state index is 11.8. The molecular formula is C21H30O. The van der Waals surface area contributed by atoms with Gasteiger partial charge in [0.15, 0.2) is 5.78 Å². The fourth-order valence-electron chi connectivity index (χ4n) is 6.99. The van der Waals surface area contributed by atoms with Crippen molar-refractivity contribution >= 4 is 5.78 Å². The topological polar surface area (TPSA) is 17.1 Å². The molecule has 0 aromatic carbocycles. The Morgan fingerprint density at radius 1 is 1.09 bits per heavy atom. The number of hydrogen-bond acceptors (Lipinski definition) is 1.